The Morgan fingerprint density at radius 1 is 1.04 bits per heavy atom. The van der Waals surface area contributed by atoms with Gasteiger partial charge in [0, 0.05) is 41.5 Å². The standard InChI is InChI=1S/C18H15ClN4O/c19-14-3-5-15(6-4-14)23-18(24)17-10-16(7-9-21-17)22-12-13-2-1-8-20-11-13/h1-11H,12H2,(H,21,22)(H,23,24). The van der Waals surface area contributed by atoms with Gasteiger partial charge in [-0.05, 0) is 48.0 Å². The summed E-state index contributed by atoms with van der Waals surface area (Å²) in [7, 11) is 0. The summed E-state index contributed by atoms with van der Waals surface area (Å²) in [6, 6.07) is 14.3. The van der Waals surface area contributed by atoms with Crippen molar-refractivity contribution in [3.05, 3.63) is 83.4 Å². The van der Waals surface area contributed by atoms with Gasteiger partial charge in [-0.25, -0.2) is 0 Å². The Kier molecular flexibility index (Phi) is 5.03. The van der Waals surface area contributed by atoms with Crippen molar-refractivity contribution >= 4 is 28.9 Å². The lowest BCUT2D eigenvalue weighted by Gasteiger charge is -2.08. The molecule has 0 bridgehead atoms. The third kappa shape index (κ3) is 4.30. The Labute approximate surface area is 144 Å². The van der Waals surface area contributed by atoms with E-state index in [1.165, 1.54) is 0 Å². The van der Waals surface area contributed by atoms with Crippen LogP contribution in [0.25, 0.3) is 0 Å². The number of pyridine rings is 2. The zero-order valence-corrected chi connectivity index (χ0v) is 13.5. The molecule has 0 aliphatic carbocycles. The summed E-state index contributed by atoms with van der Waals surface area (Å²) in [4.78, 5) is 20.5. The second kappa shape index (κ2) is 7.57. The SMILES string of the molecule is O=C(Nc1ccc(Cl)cc1)c1cc(NCc2cccnc2)ccn1. The van der Waals surface area contributed by atoms with Gasteiger partial charge in [0.05, 0.1) is 0 Å². The van der Waals surface area contributed by atoms with Gasteiger partial charge in [-0.2, -0.15) is 0 Å². The minimum absolute atomic E-state index is 0.276. The number of nitrogens with zero attached hydrogens (tertiary/aromatic N) is 2. The normalized spacial score (nSPS) is 10.2. The van der Waals surface area contributed by atoms with Gasteiger partial charge in [0.2, 0.25) is 0 Å². The second-order valence-corrected chi connectivity index (χ2v) is 5.54. The summed E-state index contributed by atoms with van der Waals surface area (Å²) in [5.74, 6) is -0.276. The van der Waals surface area contributed by atoms with Crippen LogP contribution in [0.15, 0.2) is 67.1 Å². The van der Waals surface area contributed by atoms with Crippen LogP contribution in [0.2, 0.25) is 5.02 Å². The molecule has 1 aromatic carbocycles. The van der Waals surface area contributed by atoms with Crippen molar-refractivity contribution in [1.82, 2.24) is 9.97 Å². The number of carbonyl (C=O) groups is 1. The van der Waals surface area contributed by atoms with E-state index in [0.717, 1.165) is 11.3 Å². The fraction of sp³-hybridized carbons (Fsp3) is 0.0556. The maximum absolute atomic E-state index is 12.3. The minimum Gasteiger partial charge on any atom is -0.381 e. The van der Waals surface area contributed by atoms with Gasteiger partial charge in [-0.1, -0.05) is 17.7 Å². The number of amides is 1. The Morgan fingerprint density at radius 3 is 2.62 bits per heavy atom. The largest absolute Gasteiger partial charge is 0.381 e. The maximum atomic E-state index is 12.3. The molecule has 0 aliphatic rings. The molecule has 5 nitrogen and oxygen atoms in total. The Hall–Kier alpha value is -2.92. The molecule has 3 aromatic rings. The first-order chi connectivity index (χ1) is 11.7. The van der Waals surface area contributed by atoms with E-state index < -0.39 is 0 Å². The van der Waals surface area contributed by atoms with Gasteiger partial charge in [0.15, 0.2) is 0 Å². The number of halogens is 1. The summed E-state index contributed by atoms with van der Waals surface area (Å²) >= 11 is 5.83. The summed E-state index contributed by atoms with van der Waals surface area (Å²) in [6.07, 6.45) is 5.12. The Morgan fingerprint density at radius 2 is 1.88 bits per heavy atom. The van der Waals surface area contributed by atoms with Crippen molar-refractivity contribution in [3.8, 4) is 0 Å². The summed E-state index contributed by atoms with van der Waals surface area (Å²) in [6.45, 7) is 0.621. The van der Waals surface area contributed by atoms with E-state index in [9.17, 15) is 4.79 Å². The molecule has 2 heterocycles. The predicted molar refractivity (Wildman–Crippen MR) is 95.2 cm³/mol. The predicted octanol–water partition coefficient (Wildman–Crippen LogP) is 3.99. The first kappa shape index (κ1) is 16.0. The van der Waals surface area contributed by atoms with Crippen LogP contribution >= 0.6 is 11.6 Å². The number of anilines is 2. The van der Waals surface area contributed by atoms with Crippen molar-refractivity contribution in [2.75, 3.05) is 10.6 Å². The van der Waals surface area contributed by atoms with E-state index in [4.69, 9.17) is 11.6 Å². The lowest BCUT2D eigenvalue weighted by atomic mass is 10.2. The van der Waals surface area contributed by atoms with Crippen molar-refractivity contribution < 1.29 is 4.79 Å². The van der Waals surface area contributed by atoms with E-state index >= 15 is 0 Å². The summed E-state index contributed by atoms with van der Waals surface area (Å²) in [5.41, 5.74) is 2.87. The van der Waals surface area contributed by atoms with Crippen molar-refractivity contribution in [2.45, 2.75) is 6.54 Å². The van der Waals surface area contributed by atoms with Gasteiger partial charge < -0.3 is 10.6 Å². The lowest BCUT2D eigenvalue weighted by molar-refractivity contribution is 0.102. The van der Waals surface area contributed by atoms with E-state index in [1.54, 1.807) is 48.9 Å². The van der Waals surface area contributed by atoms with Crippen LogP contribution in [0.1, 0.15) is 16.1 Å². The molecular weight excluding hydrogens is 324 g/mol. The summed E-state index contributed by atoms with van der Waals surface area (Å²) in [5, 5.41) is 6.66. The number of hydrogen-bond acceptors (Lipinski definition) is 4. The molecule has 0 spiro atoms. The number of hydrogen-bond donors (Lipinski definition) is 2. The van der Waals surface area contributed by atoms with Crippen LogP contribution < -0.4 is 10.6 Å². The van der Waals surface area contributed by atoms with Gasteiger partial charge in [0.25, 0.3) is 5.91 Å². The van der Waals surface area contributed by atoms with Gasteiger partial charge in [0.1, 0.15) is 5.69 Å². The van der Waals surface area contributed by atoms with Crippen molar-refractivity contribution in [2.24, 2.45) is 0 Å². The maximum Gasteiger partial charge on any atom is 0.274 e. The first-order valence-electron chi connectivity index (χ1n) is 7.36. The van der Waals surface area contributed by atoms with Crippen LogP contribution in [-0.4, -0.2) is 15.9 Å². The molecular formula is C18H15ClN4O. The number of rotatable bonds is 5. The number of aromatic nitrogens is 2. The van der Waals surface area contributed by atoms with Gasteiger partial charge >= 0.3 is 0 Å². The van der Waals surface area contributed by atoms with E-state index in [0.29, 0.717) is 22.9 Å². The lowest BCUT2D eigenvalue weighted by Crippen LogP contribution is -2.14. The zero-order valence-electron chi connectivity index (χ0n) is 12.7. The average molecular weight is 339 g/mol. The monoisotopic (exact) mass is 338 g/mol. The first-order valence-corrected chi connectivity index (χ1v) is 7.74. The number of nitrogens with one attached hydrogen (secondary N) is 2. The quantitative estimate of drug-likeness (QED) is 0.738. The van der Waals surface area contributed by atoms with Gasteiger partial charge in [-0.3, -0.25) is 14.8 Å². The third-order valence-electron chi connectivity index (χ3n) is 3.31. The fourth-order valence-electron chi connectivity index (χ4n) is 2.10. The van der Waals surface area contributed by atoms with Crippen LogP contribution in [-0.2, 0) is 6.54 Å². The van der Waals surface area contributed by atoms with E-state index in [2.05, 4.69) is 20.6 Å². The van der Waals surface area contributed by atoms with Crippen LogP contribution in [0, 0.1) is 0 Å². The smallest absolute Gasteiger partial charge is 0.274 e. The topological polar surface area (TPSA) is 66.9 Å². The van der Waals surface area contributed by atoms with E-state index in [1.807, 2.05) is 18.2 Å². The highest BCUT2D eigenvalue weighted by atomic mass is 35.5. The molecule has 0 saturated carbocycles. The molecule has 2 N–H and O–H groups in total. The minimum atomic E-state index is -0.276. The van der Waals surface area contributed by atoms with Gasteiger partial charge in [-0.15, -0.1) is 0 Å². The molecule has 0 atom stereocenters. The molecule has 2 aromatic heterocycles. The van der Waals surface area contributed by atoms with Crippen LogP contribution in [0.5, 0.6) is 0 Å². The second-order valence-electron chi connectivity index (χ2n) is 5.11. The molecule has 120 valence electrons. The molecule has 0 unspecified atom stereocenters. The molecule has 1 amide bonds. The fourth-order valence-corrected chi connectivity index (χ4v) is 2.23. The number of benzene rings is 1. The van der Waals surface area contributed by atoms with Crippen molar-refractivity contribution in [3.63, 3.8) is 0 Å². The zero-order chi connectivity index (χ0) is 16.8. The molecule has 0 aliphatic heterocycles. The van der Waals surface area contributed by atoms with Crippen LogP contribution in [0.4, 0.5) is 11.4 Å². The molecule has 0 fully saturated rings. The van der Waals surface area contributed by atoms with Crippen LogP contribution in [0.3, 0.4) is 0 Å². The molecule has 0 radical (unpaired) electrons. The molecule has 0 saturated heterocycles. The number of carbonyl (C=O) groups excluding carboxylic acids is 1. The highest BCUT2D eigenvalue weighted by Gasteiger charge is 2.08. The average Bonchev–Trinajstić information content (AvgIpc) is 2.63. The Bertz CT molecular complexity index is 822. The molecule has 6 heteroatoms. The highest BCUT2D eigenvalue weighted by Crippen LogP contribution is 2.15. The highest BCUT2D eigenvalue weighted by molar-refractivity contribution is 6.30. The molecule has 3 rings (SSSR count). The Balaban J connectivity index is 1.65. The third-order valence-corrected chi connectivity index (χ3v) is 3.57. The van der Waals surface area contributed by atoms with Crippen molar-refractivity contribution in [1.29, 1.82) is 0 Å². The van der Waals surface area contributed by atoms with E-state index in [-0.39, 0.29) is 5.91 Å². The molecule has 24 heavy (non-hydrogen) atoms. The summed E-state index contributed by atoms with van der Waals surface area (Å²) < 4.78 is 0.